The van der Waals surface area contributed by atoms with Crippen LogP contribution in [0.15, 0.2) is 48.5 Å². The zero-order valence-electron chi connectivity index (χ0n) is 12.7. The monoisotopic (exact) mass is 300 g/mol. The van der Waals surface area contributed by atoms with Gasteiger partial charge in [0.1, 0.15) is 5.82 Å². The molecule has 1 amide bonds. The van der Waals surface area contributed by atoms with Crippen molar-refractivity contribution in [3.63, 3.8) is 0 Å². The van der Waals surface area contributed by atoms with Gasteiger partial charge < -0.3 is 11.1 Å². The molecule has 0 saturated heterocycles. The molecule has 0 aliphatic rings. The number of benzene rings is 2. The summed E-state index contributed by atoms with van der Waals surface area (Å²) in [5.74, 6) is -0.615. The van der Waals surface area contributed by atoms with Crippen molar-refractivity contribution in [1.82, 2.24) is 5.32 Å². The maximum Gasteiger partial charge on any atom is 0.248 e. The van der Waals surface area contributed by atoms with Crippen LogP contribution >= 0.6 is 0 Å². The SMILES string of the molecule is C[C@H](CCc1ccc(F)cc1)NCc1cccc(C(N)=O)c1. The van der Waals surface area contributed by atoms with Crippen molar-refractivity contribution < 1.29 is 9.18 Å². The normalized spacial score (nSPS) is 12.1. The molecular weight excluding hydrogens is 279 g/mol. The van der Waals surface area contributed by atoms with Crippen LogP contribution in [0, 0.1) is 5.82 Å². The van der Waals surface area contributed by atoms with E-state index >= 15 is 0 Å². The Bertz CT molecular complexity index is 625. The van der Waals surface area contributed by atoms with Crippen LogP contribution in [0.25, 0.3) is 0 Å². The Morgan fingerprint density at radius 2 is 1.91 bits per heavy atom. The average Bonchev–Trinajstić information content (AvgIpc) is 2.52. The molecule has 2 aromatic carbocycles. The number of carbonyl (C=O) groups excluding carboxylic acids is 1. The number of carbonyl (C=O) groups is 1. The zero-order valence-corrected chi connectivity index (χ0v) is 12.7. The van der Waals surface area contributed by atoms with E-state index in [9.17, 15) is 9.18 Å². The van der Waals surface area contributed by atoms with Crippen molar-refractivity contribution in [1.29, 1.82) is 0 Å². The predicted molar refractivity (Wildman–Crippen MR) is 86.0 cm³/mol. The largest absolute Gasteiger partial charge is 0.366 e. The maximum atomic E-state index is 12.8. The van der Waals surface area contributed by atoms with E-state index in [0.29, 0.717) is 18.2 Å². The van der Waals surface area contributed by atoms with Crippen molar-refractivity contribution in [2.45, 2.75) is 32.4 Å². The van der Waals surface area contributed by atoms with E-state index in [-0.39, 0.29) is 5.82 Å². The summed E-state index contributed by atoms with van der Waals surface area (Å²) in [6.45, 7) is 2.80. The summed E-state index contributed by atoms with van der Waals surface area (Å²) in [6, 6.07) is 14.3. The average molecular weight is 300 g/mol. The Balaban J connectivity index is 1.80. The smallest absolute Gasteiger partial charge is 0.248 e. The second kappa shape index (κ2) is 7.71. The molecule has 0 aliphatic heterocycles. The highest BCUT2D eigenvalue weighted by atomic mass is 19.1. The van der Waals surface area contributed by atoms with Gasteiger partial charge in [-0.05, 0) is 55.2 Å². The molecule has 3 N–H and O–H groups in total. The van der Waals surface area contributed by atoms with Crippen LogP contribution in [-0.2, 0) is 13.0 Å². The first-order chi connectivity index (χ1) is 10.5. The zero-order chi connectivity index (χ0) is 15.9. The molecule has 22 heavy (non-hydrogen) atoms. The molecule has 0 bridgehead atoms. The molecule has 0 unspecified atom stereocenters. The minimum atomic E-state index is -0.411. The summed E-state index contributed by atoms with van der Waals surface area (Å²) in [5, 5.41) is 3.42. The lowest BCUT2D eigenvalue weighted by molar-refractivity contribution is 0.1000. The first kappa shape index (κ1) is 16.2. The highest BCUT2D eigenvalue weighted by Gasteiger charge is 2.05. The van der Waals surface area contributed by atoms with Gasteiger partial charge in [-0.2, -0.15) is 0 Å². The third-order valence-corrected chi connectivity index (χ3v) is 3.65. The van der Waals surface area contributed by atoms with Crippen LogP contribution in [-0.4, -0.2) is 11.9 Å². The first-order valence-corrected chi connectivity index (χ1v) is 7.41. The van der Waals surface area contributed by atoms with Crippen molar-refractivity contribution in [2.24, 2.45) is 5.73 Å². The minimum Gasteiger partial charge on any atom is -0.366 e. The van der Waals surface area contributed by atoms with Gasteiger partial charge in [-0.3, -0.25) is 4.79 Å². The summed E-state index contributed by atoms with van der Waals surface area (Å²) >= 11 is 0. The van der Waals surface area contributed by atoms with Crippen LogP contribution in [0.3, 0.4) is 0 Å². The standard InChI is InChI=1S/C18H21FN2O/c1-13(5-6-14-7-9-17(19)10-8-14)21-12-15-3-2-4-16(11-15)18(20)22/h2-4,7-11,13,21H,5-6,12H2,1H3,(H2,20,22)/t13-/m1/s1. The van der Waals surface area contributed by atoms with E-state index < -0.39 is 5.91 Å². The highest BCUT2D eigenvalue weighted by molar-refractivity contribution is 5.92. The fourth-order valence-electron chi connectivity index (χ4n) is 2.26. The Hall–Kier alpha value is -2.20. The molecule has 0 saturated carbocycles. The van der Waals surface area contributed by atoms with Crippen LogP contribution < -0.4 is 11.1 Å². The van der Waals surface area contributed by atoms with Crippen LogP contribution in [0.2, 0.25) is 0 Å². The number of amides is 1. The second-order valence-corrected chi connectivity index (χ2v) is 5.51. The van der Waals surface area contributed by atoms with Gasteiger partial charge in [0.2, 0.25) is 5.91 Å². The van der Waals surface area contributed by atoms with Crippen LogP contribution in [0.4, 0.5) is 4.39 Å². The molecule has 2 aromatic rings. The quantitative estimate of drug-likeness (QED) is 0.826. The van der Waals surface area contributed by atoms with Gasteiger partial charge in [0.15, 0.2) is 0 Å². The number of aryl methyl sites for hydroxylation is 1. The molecule has 116 valence electrons. The number of nitrogens with two attached hydrogens (primary N) is 1. The lowest BCUT2D eigenvalue weighted by atomic mass is 10.1. The van der Waals surface area contributed by atoms with Crippen molar-refractivity contribution >= 4 is 5.91 Å². The Morgan fingerprint density at radius 1 is 1.18 bits per heavy atom. The van der Waals surface area contributed by atoms with Gasteiger partial charge in [-0.25, -0.2) is 4.39 Å². The molecule has 0 aliphatic carbocycles. The lowest BCUT2D eigenvalue weighted by Crippen LogP contribution is -2.26. The third-order valence-electron chi connectivity index (χ3n) is 3.65. The number of hydrogen-bond acceptors (Lipinski definition) is 2. The fourth-order valence-corrected chi connectivity index (χ4v) is 2.26. The Morgan fingerprint density at radius 3 is 2.59 bits per heavy atom. The van der Waals surface area contributed by atoms with E-state index in [1.807, 2.05) is 30.3 Å². The molecular formula is C18H21FN2O. The lowest BCUT2D eigenvalue weighted by Gasteiger charge is -2.14. The van der Waals surface area contributed by atoms with Crippen molar-refractivity contribution in [3.8, 4) is 0 Å². The van der Waals surface area contributed by atoms with Crippen LogP contribution in [0.1, 0.15) is 34.8 Å². The van der Waals surface area contributed by atoms with E-state index in [1.165, 1.54) is 12.1 Å². The summed E-state index contributed by atoms with van der Waals surface area (Å²) in [4.78, 5) is 11.1. The highest BCUT2D eigenvalue weighted by Crippen LogP contribution is 2.09. The third kappa shape index (κ3) is 4.97. The molecule has 0 spiro atoms. The van der Waals surface area contributed by atoms with E-state index in [1.54, 1.807) is 6.07 Å². The van der Waals surface area contributed by atoms with Gasteiger partial charge in [0.05, 0.1) is 0 Å². The van der Waals surface area contributed by atoms with Crippen LogP contribution in [0.5, 0.6) is 0 Å². The molecule has 4 heteroatoms. The number of hydrogen-bond donors (Lipinski definition) is 2. The van der Waals surface area contributed by atoms with Gasteiger partial charge in [-0.15, -0.1) is 0 Å². The Kier molecular flexibility index (Phi) is 5.67. The van der Waals surface area contributed by atoms with E-state index in [2.05, 4.69) is 12.2 Å². The number of primary amides is 1. The maximum absolute atomic E-state index is 12.8. The molecule has 0 aromatic heterocycles. The van der Waals surface area contributed by atoms with E-state index in [0.717, 1.165) is 24.0 Å². The predicted octanol–water partition coefficient (Wildman–Crippen LogP) is 3.04. The van der Waals surface area contributed by atoms with Crippen molar-refractivity contribution in [3.05, 3.63) is 71.0 Å². The molecule has 0 fully saturated rings. The van der Waals surface area contributed by atoms with Gasteiger partial charge in [-0.1, -0.05) is 24.3 Å². The Labute approximate surface area is 130 Å². The summed E-state index contributed by atoms with van der Waals surface area (Å²) in [5.41, 5.74) is 7.96. The molecule has 2 rings (SSSR count). The van der Waals surface area contributed by atoms with Gasteiger partial charge in [0.25, 0.3) is 0 Å². The first-order valence-electron chi connectivity index (χ1n) is 7.41. The van der Waals surface area contributed by atoms with Gasteiger partial charge >= 0.3 is 0 Å². The van der Waals surface area contributed by atoms with E-state index in [4.69, 9.17) is 5.73 Å². The molecule has 0 radical (unpaired) electrons. The van der Waals surface area contributed by atoms with Crippen molar-refractivity contribution in [2.75, 3.05) is 0 Å². The summed E-state index contributed by atoms with van der Waals surface area (Å²) < 4.78 is 12.8. The number of halogens is 1. The number of nitrogens with one attached hydrogen (secondary N) is 1. The summed E-state index contributed by atoms with van der Waals surface area (Å²) in [6.07, 6.45) is 1.86. The van der Waals surface area contributed by atoms with Gasteiger partial charge in [0, 0.05) is 18.2 Å². The minimum absolute atomic E-state index is 0.204. The fraction of sp³-hybridized carbons (Fsp3) is 0.278. The summed E-state index contributed by atoms with van der Waals surface area (Å²) in [7, 11) is 0. The second-order valence-electron chi connectivity index (χ2n) is 5.51. The topological polar surface area (TPSA) is 55.1 Å². The molecule has 3 nitrogen and oxygen atoms in total. The molecule has 1 atom stereocenters. The number of rotatable bonds is 7. The molecule has 0 heterocycles.